The third kappa shape index (κ3) is 3.05. The van der Waals surface area contributed by atoms with E-state index in [2.05, 4.69) is 4.74 Å². The summed E-state index contributed by atoms with van der Waals surface area (Å²) in [6.07, 6.45) is -0.114. The van der Waals surface area contributed by atoms with Crippen LogP contribution in [-0.2, 0) is 14.2 Å². The summed E-state index contributed by atoms with van der Waals surface area (Å²) in [5.41, 5.74) is 1.50. The van der Waals surface area contributed by atoms with E-state index in [4.69, 9.17) is 9.47 Å². The Morgan fingerprint density at radius 3 is 2.25 bits per heavy atom. The summed E-state index contributed by atoms with van der Waals surface area (Å²) >= 11 is 0. The van der Waals surface area contributed by atoms with Gasteiger partial charge in [-0.2, -0.15) is 0 Å². The first-order chi connectivity index (χ1) is 7.72. The van der Waals surface area contributed by atoms with E-state index in [1.165, 1.54) is 7.11 Å². The average Bonchev–Trinajstić information content (AvgIpc) is 2.35. The Bertz CT molecular complexity index is 331. The van der Waals surface area contributed by atoms with Crippen LogP contribution in [-0.4, -0.2) is 33.9 Å². The first-order valence-corrected chi connectivity index (χ1v) is 4.93. The molecule has 1 rings (SSSR count). The van der Waals surface area contributed by atoms with Crippen molar-refractivity contribution in [2.24, 2.45) is 0 Å². The minimum atomic E-state index is -0.341. The van der Waals surface area contributed by atoms with Crippen LogP contribution in [0.25, 0.3) is 0 Å². The van der Waals surface area contributed by atoms with Gasteiger partial charge in [0.15, 0.2) is 0 Å². The summed E-state index contributed by atoms with van der Waals surface area (Å²) in [5.74, 6) is -0.341. The standard InChI is InChI=1S/C12H16O4/c1-14-8-11(15-2)9-4-6-10(7-5-9)12(13)16-3/h4-7,11H,8H2,1-3H3. The van der Waals surface area contributed by atoms with Crippen molar-refractivity contribution in [1.29, 1.82) is 0 Å². The summed E-state index contributed by atoms with van der Waals surface area (Å²) in [5, 5.41) is 0. The Morgan fingerprint density at radius 1 is 1.19 bits per heavy atom. The lowest BCUT2D eigenvalue weighted by Crippen LogP contribution is -2.09. The highest BCUT2D eigenvalue weighted by Crippen LogP contribution is 2.17. The molecule has 0 aliphatic heterocycles. The van der Waals surface area contributed by atoms with Crippen molar-refractivity contribution in [1.82, 2.24) is 0 Å². The zero-order valence-electron chi connectivity index (χ0n) is 9.73. The first-order valence-electron chi connectivity index (χ1n) is 4.93. The van der Waals surface area contributed by atoms with Gasteiger partial charge in [-0.05, 0) is 17.7 Å². The molecule has 0 spiro atoms. The highest BCUT2D eigenvalue weighted by Gasteiger charge is 2.11. The minimum Gasteiger partial charge on any atom is -0.465 e. The van der Waals surface area contributed by atoms with Crippen LogP contribution in [0.4, 0.5) is 0 Å². The highest BCUT2D eigenvalue weighted by molar-refractivity contribution is 5.89. The van der Waals surface area contributed by atoms with E-state index >= 15 is 0 Å². The first kappa shape index (κ1) is 12.7. The van der Waals surface area contributed by atoms with Crippen molar-refractivity contribution in [3.63, 3.8) is 0 Å². The predicted molar refractivity (Wildman–Crippen MR) is 59.4 cm³/mol. The van der Waals surface area contributed by atoms with E-state index in [1.807, 2.05) is 12.1 Å². The Labute approximate surface area is 95.1 Å². The number of rotatable bonds is 5. The number of carbonyl (C=O) groups excluding carboxylic acids is 1. The Morgan fingerprint density at radius 2 is 1.81 bits per heavy atom. The lowest BCUT2D eigenvalue weighted by molar-refractivity contribution is 0.0274. The zero-order chi connectivity index (χ0) is 12.0. The quantitative estimate of drug-likeness (QED) is 0.715. The predicted octanol–water partition coefficient (Wildman–Crippen LogP) is 1.81. The fraction of sp³-hybridized carbons (Fsp3) is 0.417. The van der Waals surface area contributed by atoms with Gasteiger partial charge in [-0.3, -0.25) is 0 Å². The van der Waals surface area contributed by atoms with Gasteiger partial charge in [-0.25, -0.2) is 4.79 Å². The molecule has 1 aromatic carbocycles. The third-order valence-corrected chi connectivity index (χ3v) is 2.31. The number of carbonyl (C=O) groups is 1. The van der Waals surface area contributed by atoms with Crippen molar-refractivity contribution in [2.45, 2.75) is 6.10 Å². The molecule has 0 fully saturated rings. The van der Waals surface area contributed by atoms with Crippen LogP contribution >= 0.6 is 0 Å². The molecule has 16 heavy (non-hydrogen) atoms. The molecule has 1 unspecified atom stereocenters. The third-order valence-electron chi connectivity index (χ3n) is 2.31. The van der Waals surface area contributed by atoms with Crippen LogP contribution in [0.2, 0.25) is 0 Å². The monoisotopic (exact) mass is 224 g/mol. The smallest absolute Gasteiger partial charge is 0.337 e. The Hall–Kier alpha value is -1.39. The molecule has 0 heterocycles. The maximum absolute atomic E-state index is 11.2. The molecule has 4 nitrogen and oxygen atoms in total. The summed E-state index contributed by atoms with van der Waals surface area (Å²) in [6.45, 7) is 0.480. The minimum absolute atomic E-state index is 0.114. The zero-order valence-corrected chi connectivity index (χ0v) is 9.73. The van der Waals surface area contributed by atoms with Gasteiger partial charge in [-0.1, -0.05) is 12.1 Å². The molecule has 88 valence electrons. The van der Waals surface area contributed by atoms with Gasteiger partial charge in [0.05, 0.1) is 19.3 Å². The molecule has 0 N–H and O–H groups in total. The molecule has 0 saturated heterocycles. The number of benzene rings is 1. The second kappa shape index (κ2) is 6.25. The summed E-state index contributed by atoms with van der Waals surface area (Å²) in [7, 11) is 4.60. The molecular formula is C12H16O4. The fourth-order valence-corrected chi connectivity index (χ4v) is 1.40. The Kier molecular flexibility index (Phi) is 4.95. The molecule has 0 bridgehead atoms. The van der Waals surface area contributed by atoms with E-state index in [1.54, 1.807) is 26.4 Å². The molecule has 0 amide bonds. The highest BCUT2D eigenvalue weighted by atomic mass is 16.5. The summed E-state index contributed by atoms with van der Waals surface area (Å²) in [6, 6.07) is 7.09. The van der Waals surface area contributed by atoms with Gasteiger partial charge in [0.25, 0.3) is 0 Å². The van der Waals surface area contributed by atoms with Crippen LogP contribution < -0.4 is 0 Å². The molecule has 1 atom stereocenters. The second-order valence-corrected chi connectivity index (χ2v) is 3.29. The Balaban J connectivity index is 2.80. The molecule has 0 aromatic heterocycles. The van der Waals surface area contributed by atoms with Gasteiger partial charge in [0, 0.05) is 14.2 Å². The van der Waals surface area contributed by atoms with Gasteiger partial charge < -0.3 is 14.2 Å². The van der Waals surface area contributed by atoms with E-state index in [-0.39, 0.29) is 12.1 Å². The van der Waals surface area contributed by atoms with Crippen LogP contribution in [0.5, 0.6) is 0 Å². The molecule has 0 radical (unpaired) electrons. The molecule has 0 aliphatic carbocycles. The number of esters is 1. The van der Waals surface area contributed by atoms with Crippen LogP contribution in [0, 0.1) is 0 Å². The van der Waals surface area contributed by atoms with Crippen molar-refractivity contribution >= 4 is 5.97 Å². The van der Waals surface area contributed by atoms with Crippen molar-refractivity contribution < 1.29 is 19.0 Å². The lowest BCUT2D eigenvalue weighted by Gasteiger charge is -2.14. The summed E-state index contributed by atoms with van der Waals surface area (Å²) < 4.78 is 14.9. The number of hydrogen-bond acceptors (Lipinski definition) is 4. The second-order valence-electron chi connectivity index (χ2n) is 3.29. The normalized spacial score (nSPS) is 12.2. The van der Waals surface area contributed by atoms with Crippen molar-refractivity contribution in [3.05, 3.63) is 35.4 Å². The topological polar surface area (TPSA) is 44.8 Å². The van der Waals surface area contributed by atoms with Crippen LogP contribution in [0.1, 0.15) is 22.0 Å². The van der Waals surface area contributed by atoms with E-state index in [9.17, 15) is 4.79 Å². The average molecular weight is 224 g/mol. The maximum atomic E-state index is 11.2. The van der Waals surface area contributed by atoms with Crippen molar-refractivity contribution in [3.8, 4) is 0 Å². The number of hydrogen-bond donors (Lipinski definition) is 0. The maximum Gasteiger partial charge on any atom is 0.337 e. The van der Waals surface area contributed by atoms with Gasteiger partial charge in [-0.15, -0.1) is 0 Å². The van der Waals surface area contributed by atoms with Crippen molar-refractivity contribution in [2.75, 3.05) is 27.9 Å². The van der Waals surface area contributed by atoms with Crippen LogP contribution in [0.15, 0.2) is 24.3 Å². The van der Waals surface area contributed by atoms with E-state index < -0.39 is 0 Å². The molecular weight excluding hydrogens is 208 g/mol. The van der Waals surface area contributed by atoms with Crippen LogP contribution in [0.3, 0.4) is 0 Å². The largest absolute Gasteiger partial charge is 0.465 e. The van der Waals surface area contributed by atoms with Gasteiger partial charge >= 0.3 is 5.97 Å². The number of ether oxygens (including phenoxy) is 3. The molecule has 1 aromatic rings. The molecule has 4 heteroatoms. The van der Waals surface area contributed by atoms with E-state index in [0.717, 1.165) is 5.56 Å². The van der Waals surface area contributed by atoms with Gasteiger partial charge in [0.2, 0.25) is 0 Å². The number of methoxy groups -OCH3 is 3. The SMILES string of the molecule is COCC(OC)c1ccc(C(=O)OC)cc1. The lowest BCUT2D eigenvalue weighted by atomic mass is 10.1. The molecule has 0 aliphatic rings. The fourth-order valence-electron chi connectivity index (χ4n) is 1.40. The van der Waals surface area contributed by atoms with E-state index in [0.29, 0.717) is 12.2 Å². The van der Waals surface area contributed by atoms with Gasteiger partial charge in [0.1, 0.15) is 6.10 Å². The summed E-state index contributed by atoms with van der Waals surface area (Å²) in [4.78, 5) is 11.2. The molecule has 0 saturated carbocycles.